The molecule has 0 radical (unpaired) electrons. The second-order valence-electron chi connectivity index (χ2n) is 9.34. The first-order valence-corrected chi connectivity index (χ1v) is 11.3. The number of aromatic nitrogens is 2. The van der Waals surface area contributed by atoms with Crippen LogP contribution >= 0.6 is 0 Å². The number of alkyl halides is 6. The van der Waals surface area contributed by atoms with E-state index in [9.17, 15) is 41.0 Å². The Morgan fingerprint density at radius 3 is 2.33 bits per heavy atom. The van der Waals surface area contributed by atoms with Crippen molar-refractivity contribution < 1.29 is 45.4 Å². The number of hydrogen-bond donors (Lipinski definition) is 3. The van der Waals surface area contributed by atoms with E-state index in [2.05, 4.69) is 15.3 Å². The maximum atomic E-state index is 15.5. The Hall–Kier alpha value is -3.06. The van der Waals surface area contributed by atoms with Gasteiger partial charge in [-0.05, 0) is 24.8 Å². The predicted molar refractivity (Wildman–Crippen MR) is 112 cm³/mol. The summed E-state index contributed by atoms with van der Waals surface area (Å²) in [5.41, 5.74) is -0.772. The van der Waals surface area contributed by atoms with Crippen LogP contribution in [0.25, 0.3) is 11.0 Å². The van der Waals surface area contributed by atoms with E-state index in [1.54, 1.807) is 0 Å². The number of hydrogen-bond acceptors (Lipinski definition) is 3. The first-order valence-electron chi connectivity index (χ1n) is 11.3. The van der Waals surface area contributed by atoms with E-state index in [0.29, 0.717) is 4.90 Å². The number of benzene rings is 1. The first-order chi connectivity index (χ1) is 16.8. The summed E-state index contributed by atoms with van der Waals surface area (Å²) in [7, 11) is 0. The quantitative estimate of drug-likeness (QED) is 0.442. The van der Waals surface area contributed by atoms with E-state index in [0.717, 1.165) is 6.07 Å². The molecule has 2 aromatic rings. The molecule has 1 unspecified atom stereocenters. The molecule has 2 fully saturated rings. The topological polar surface area (TPSA) is 98.3 Å². The summed E-state index contributed by atoms with van der Waals surface area (Å²) >= 11 is 0. The molecule has 2 amide bonds. The molecule has 0 bridgehead atoms. The number of fused-ring (bicyclic) bond motifs is 1. The zero-order valence-electron chi connectivity index (χ0n) is 18.7. The fourth-order valence-corrected chi connectivity index (χ4v) is 4.86. The average molecular weight is 524 g/mol. The minimum atomic E-state index is -3.14. The molecule has 0 spiro atoms. The number of rotatable bonds is 7. The molecular formula is C22H23F7N4O3. The van der Waals surface area contributed by atoms with Gasteiger partial charge in [0, 0.05) is 24.8 Å². The highest BCUT2D eigenvalue weighted by molar-refractivity contribution is 5.87. The van der Waals surface area contributed by atoms with Crippen LogP contribution < -0.4 is 5.32 Å². The fourth-order valence-electron chi connectivity index (χ4n) is 4.86. The highest BCUT2D eigenvalue weighted by Gasteiger charge is 2.48. The lowest BCUT2D eigenvalue weighted by molar-refractivity contribution is -0.168. The van der Waals surface area contributed by atoms with E-state index in [4.69, 9.17) is 0 Å². The monoisotopic (exact) mass is 524 g/mol. The molecule has 36 heavy (non-hydrogen) atoms. The van der Waals surface area contributed by atoms with Gasteiger partial charge in [0.2, 0.25) is 18.3 Å². The number of nitrogens with one attached hydrogen (secondary N) is 2. The minimum absolute atomic E-state index is 0.0197. The average Bonchev–Trinajstić information content (AvgIpc) is 3.19. The van der Waals surface area contributed by atoms with Gasteiger partial charge in [-0.25, -0.2) is 40.5 Å². The summed E-state index contributed by atoms with van der Waals surface area (Å²) in [6.45, 7) is -1.91. The molecule has 1 aromatic heterocycles. The Morgan fingerprint density at radius 1 is 1.14 bits per heavy atom. The van der Waals surface area contributed by atoms with Gasteiger partial charge in [-0.3, -0.25) is 4.79 Å². The molecule has 3 N–H and O–H groups in total. The molecule has 4 rings (SSSR count). The number of imidazole rings is 1. The summed E-state index contributed by atoms with van der Waals surface area (Å²) < 4.78 is 95.5. The predicted octanol–water partition coefficient (Wildman–Crippen LogP) is 5.05. The van der Waals surface area contributed by atoms with Crippen molar-refractivity contribution in [3.05, 3.63) is 29.3 Å². The van der Waals surface area contributed by atoms with Crippen LogP contribution in [0.3, 0.4) is 0 Å². The lowest BCUT2D eigenvalue weighted by Crippen LogP contribution is -2.59. The highest BCUT2D eigenvalue weighted by Crippen LogP contribution is 2.42. The molecule has 2 atom stereocenters. The molecular weight excluding hydrogens is 501 g/mol. The zero-order valence-corrected chi connectivity index (χ0v) is 18.7. The fraction of sp³-hybridized carbons (Fsp3) is 0.591. The number of nitrogens with zero attached hydrogens (tertiary/aromatic N) is 2. The van der Waals surface area contributed by atoms with E-state index >= 15 is 4.39 Å². The van der Waals surface area contributed by atoms with Gasteiger partial charge in [-0.2, -0.15) is 0 Å². The maximum absolute atomic E-state index is 15.5. The highest BCUT2D eigenvalue weighted by atomic mass is 19.3. The number of carboxylic acid groups (broad SMARTS) is 1. The number of carbonyl (C=O) groups is 2. The van der Waals surface area contributed by atoms with Crippen LogP contribution in [0.2, 0.25) is 0 Å². The molecule has 2 aliphatic rings. The molecule has 14 heteroatoms. The third-order valence-electron chi connectivity index (χ3n) is 6.69. The molecule has 1 saturated carbocycles. The molecule has 1 aromatic carbocycles. The minimum Gasteiger partial charge on any atom is -0.465 e. The van der Waals surface area contributed by atoms with Gasteiger partial charge in [0.05, 0.1) is 30.6 Å². The van der Waals surface area contributed by atoms with Gasteiger partial charge in [-0.1, -0.05) is 6.07 Å². The largest absolute Gasteiger partial charge is 0.465 e. The van der Waals surface area contributed by atoms with E-state index in [-0.39, 0.29) is 29.7 Å². The van der Waals surface area contributed by atoms with Crippen molar-refractivity contribution in [3.8, 4) is 0 Å². The molecule has 7 nitrogen and oxygen atoms in total. The van der Waals surface area contributed by atoms with Crippen LogP contribution in [0.4, 0.5) is 35.5 Å². The summed E-state index contributed by atoms with van der Waals surface area (Å²) in [4.78, 5) is 31.5. The van der Waals surface area contributed by atoms with Crippen molar-refractivity contribution in [2.45, 2.75) is 62.3 Å². The van der Waals surface area contributed by atoms with Crippen molar-refractivity contribution in [1.29, 1.82) is 0 Å². The zero-order chi connectivity index (χ0) is 26.4. The summed E-state index contributed by atoms with van der Waals surface area (Å²) in [5.74, 6) is -10.6. The number of H-pyrrole nitrogens is 1. The number of likely N-dealkylation sites (tertiary alicyclic amines) is 1. The number of amides is 2. The van der Waals surface area contributed by atoms with Crippen molar-refractivity contribution in [2.24, 2.45) is 5.92 Å². The number of carbonyl (C=O) groups excluding carboxylic acids is 1. The van der Waals surface area contributed by atoms with E-state index in [1.807, 2.05) is 0 Å². The summed E-state index contributed by atoms with van der Waals surface area (Å²) in [5, 5.41) is 11.5. The third kappa shape index (κ3) is 5.36. The van der Waals surface area contributed by atoms with Crippen LogP contribution in [-0.4, -0.2) is 63.3 Å². The van der Waals surface area contributed by atoms with E-state index < -0.39 is 91.9 Å². The Bertz CT molecular complexity index is 1140. The van der Waals surface area contributed by atoms with Crippen molar-refractivity contribution in [3.63, 3.8) is 0 Å². The SMILES string of the molecule is O=C(O)N[C@H](c1nc2c(F)c(C(CC(F)F)C(=O)N3CC(F)(F)C3)ccc2[nH]1)C1CCC(F)(F)CC1. The van der Waals surface area contributed by atoms with Crippen molar-refractivity contribution >= 4 is 23.0 Å². The van der Waals surface area contributed by atoms with Gasteiger partial charge >= 0.3 is 6.09 Å². The lowest BCUT2D eigenvalue weighted by Gasteiger charge is -2.40. The second-order valence-corrected chi connectivity index (χ2v) is 9.34. The Balaban J connectivity index is 1.66. The number of halogens is 7. The standard InChI is InChI=1S/C22H23F7N4O3/c23-14(24)7-12(19(34)33-8-22(28,29)9-33)11-1-2-13-17(15(11)25)31-18(30-13)16(32-20(35)36)10-3-5-21(26,27)6-4-10/h1-2,10,12,14,16,32H,3-9H2,(H,30,31)(H,35,36)/t12?,16-/m0/s1. The molecule has 2 heterocycles. The molecule has 1 aliphatic heterocycles. The van der Waals surface area contributed by atoms with Gasteiger partial charge in [0.25, 0.3) is 5.92 Å². The molecule has 1 aliphatic carbocycles. The van der Waals surface area contributed by atoms with Crippen molar-refractivity contribution in [1.82, 2.24) is 20.2 Å². The maximum Gasteiger partial charge on any atom is 0.405 e. The van der Waals surface area contributed by atoms with Gasteiger partial charge in [0.1, 0.15) is 11.3 Å². The van der Waals surface area contributed by atoms with Gasteiger partial charge in [-0.15, -0.1) is 0 Å². The molecule has 198 valence electrons. The smallest absolute Gasteiger partial charge is 0.405 e. The Kier molecular flexibility index (Phi) is 6.82. The Morgan fingerprint density at radius 2 is 1.78 bits per heavy atom. The number of aromatic amines is 1. The normalized spacial score (nSPS) is 21.3. The van der Waals surface area contributed by atoms with E-state index in [1.165, 1.54) is 6.07 Å². The summed E-state index contributed by atoms with van der Waals surface area (Å²) in [6, 6.07) is 1.26. The van der Waals surface area contributed by atoms with Crippen LogP contribution in [0, 0.1) is 11.7 Å². The first kappa shape index (κ1) is 26.0. The molecule has 1 saturated heterocycles. The van der Waals surface area contributed by atoms with Gasteiger partial charge < -0.3 is 20.3 Å². The Labute approximate surface area is 200 Å². The summed E-state index contributed by atoms with van der Waals surface area (Å²) in [6.07, 6.45) is -6.53. The van der Waals surface area contributed by atoms with Gasteiger partial charge in [0.15, 0.2) is 5.82 Å². The van der Waals surface area contributed by atoms with Crippen LogP contribution in [0.15, 0.2) is 12.1 Å². The van der Waals surface area contributed by atoms with Crippen LogP contribution in [0.1, 0.15) is 55.5 Å². The van der Waals surface area contributed by atoms with Crippen molar-refractivity contribution in [2.75, 3.05) is 13.1 Å². The second kappa shape index (κ2) is 9.43. The van der Waals surface area contributed by atoms with Crippen LogP contribution in [0.5, 0.6) is 0 Å². The van der Waals surface area contributed by atoms with Crippen LogP contribution in [-0.2, 0) is 4.79 Å². The lowest BCUT2D eigenvalue weighted by atomic mass is 9.82. The third-order valence-corrected chi connectivity index (χ3v) is 6.69.